The summed E-state index contributed by atoms with van der Waals surface area (Å²) in [5.41, 5.74) is 0.307. The molecule has 3 rings (SSSR count). The third-order valence-corrected chi connectivity index (χ3v) is 4.08. The normalized spacial score (nSPS) is 12.1. The number of nitrogens with one attached hydrogen (secondary N) is 2. The van der Waals surface area contributed by atoms with Crippen LogP contribution in [0.1, 0.15) is 22.9 Å². The summed E-state index contributed by atoms with van der Waals surface area (Å²) in [5.74, 6) is -1.93. The van der Waals surface area contributed by atoms with Crippen LogP contribution in [0.4, 0.5) is 13.6 Å². The van der Waals surface area contributed by atoms with Crippen LogP contribution in [0.2, 0.25) is 0 Å². The lowest BCUT2D eigenvalue weighted by Gasteiger charge is -2.17. The van der Waals surface area contributed by atoms with Crippen LogP contribution in [0.25, 0.3) is 10.9 Å². The van der Waals surface area contributed by atoms with E-state index in [1.54, 1.807) is 13.0 Å². The Morgan fingerprint density at radius 1 is 1.31 bits per heavy atom. The second-order valence-electron chi connectivity index (χ2n) is 5.83. The fourth-order valence-electron chi connectivity index (χ4n) is 2.84. The summed E-state index contributed by atoms with van der Waals surface area (Å²) in [6.45, 7) is 1.50. The van der Waals surface area contributed by atoms with E-state index in [-0.39, 0.29) is 23.3 Å². The number of benzene rings is 2. The monoisotopic (exact) mass is 359 g/mol. The Kier molecular flexibility index (Phi) is 4.66. The minimum Gasteiger partial charge on any atom is -0.465 e. The third kappa shape index (κ3) is 3.39. The molecule has 3 N–H and O–H groups in total. The molecule has 1 amide bonds. The van der Waals surface area contributed by atoms with Gasteiger partial charge in [-0.3, -0.25) is 4.79 Å². The van der Waals surface area contributed by atoms with Gasteiger partial charge in [0.25, 0.3) is 5.56 Å². The molecule has 26 heavy (non-hydrogen) atoms. The van der Waals surface area contributed by atoms with Crippen molar-refractivity contribution in [2.75, 3.05) is 6.54 Å². The summed E-state index contributed by atoms with van der Waals surface area (Å²) in [5, 5.41) is 11.2. The van der Waals surface area contributed by atoms with Crippen molar-refractivity contribution in [2.45, 2.75) is 12.8 Å². The molecule has 0 saturated heterocycles. The zero-order valence-electron chi connectivity index (χ0n) is 13.7. The van der Waals surface area contributed by atoms with E-state index in [4.69, 9.17) is 5.11 Å². The van der Waals surface area contributed by atoms with Gasteiger partial charge in [-0.25, -0.2) is 18.6 Å². The van der Waals surface area contributed by atoms with E-state index >= 15 is 0 Å². The number of hydrogen-bond acceptors (Lipinski definition) is 3. The summed E-state index contributed by atoms with van der Waals surface area (Å²) in [4.78, 5) is 30.1. The molecule has 8 heteroatoms. The topological polar surface area (TPSA) is 95.1 Å². The van der Waals surface area contributed by atoms with Crippen LogP contribution in [-0.4, -0.2) is 27.7 Å². The molecule has 0 fully saturated rings. The number of amides is 1. The van der Waals surface area contributed by atoms with Crippen molar-refractivity contribution >= 4 is 17.0 Å². The molecule has 0 radical (unpaired) electrons. The van der Waals surface area contributed by atoms with Gasteiger partial charge in [0.05, 0.1) is 11.3 Å². The minimum absolute atomic E-state index is 0.0475. The molecular weight excluding hydrogens is 344 g/mol. The smallest absolute Gasteiger partial charge is 0.404 e. The maximum Gasteiger partial charge on any atom is 0.404 e. The number of hydrogen-bond donors (Lipinski definition) is 3. The van der Waals surface area contributed by atoms with E-state index < -0.39 is 29.2 Å². The fourth-order valence-corrected chi connectivity index (χ4v) is 2.84. The van der Waals surface area contributed by atoms with Gasteiger partial charge in [-0.05, 0) is 36.2 Å². The molecule has 0 aliphatic rings. The summed E-state index contributed by atoms with van der Waals surface area (Å²) >= 11 is 0. The van der Waals surface area contributed by atoms with Gasteiger partial charge in [0.1, 0.15) is 23.0 Å². The molecule has 3 aromatic rings. The number of aromatic amines is 1. The standard InChI is InChI=1S/C18H15F2N3O3/c1-9-5-6-13(20)15-14(9)17(24)23-16(22-15)12(8-21-18(25)26)10-3-2-4-11(19)7-10/h2-7,12,21H,8H2,1H3,(H,25,26)(H,22,23,24). The van der Waals surface area contributed by atoms with Crippen molar-refractivity contribution in [1.29, 1.82) is 0 Å². The van der Waals surface area contributed by atoms with Crippen molar-refractivity contribution < 1.29 is 18.7 Å². The highest BCUT2D eigenvalue weighted by atomic mass is 19.1. The summed E-state index contributed by atoms with van der Waals surface area (Å²) in [7, 11) is 0. The Hall–Kier alpha value is -3.29. The Balaban J connectivity index is 2.19. The molecule has 1 unspecified atom stereocenters. The van der Waals surface area contributed by atoms with Gasteiger partial charge in [0, 0.05) is 6.54 Å². The number of nitrogens with zero attached hydrogens (tertiary/aromatic N) is 1. The van der Waals surface area contributed by atoms with E-state index in [1.807, 2.05) is 0 Å². The molecule has 0 aliphatic heterocycles. The van der Waals surface area contributed by atoms with E-state index in [1.165, 1.54) is 30.3 Å². The predicted molar refractivity (Wildman–Crippen MR) is 91.3 cm³/mol. The Morgan fingerprint density at radius 3 is 2.77 bits per heavy atom. The second-order valence-corrected chi connectivity index (χ2v) is 5.83. The van der Waals surface area contributed by atoms with Crippen molar-refractivity contribution in [3.05, 3.63) is 75.3 Å². The molecule has 1 aromatic heterocycles. The molecule has 0 bridgehead atoms. The fraction of sp³-hybridized carbons (Fsp3) is 0.167. The van der Waals surface area contributed by atoms with Gasteiger partial charge < -0.3 is 15.4 Å². The predicted octanol–water partition coefficient (Wildman–Crippen LogP) is 2.91. The number of H-pyrrole nitrogens is 1. The van der Waals surface area contributed by atoms with Crippen LogP contribution in [0.3, 0.4) is 0 Å². The molecule has 1 heterocycles. The number of fused-ring (bicyclic) bond motifs is 1. The molecule has 1 atom stereocenters. The number of halogens is 2. The van der Waals surface area contributed by atoms with Gasteiger partial charge in [0.15, 0.2) is 0 Å². The quantitative estimate of drug-likeness (QED) is 0.667. The first-order valence-electron chi connectivity index (χ1n) is 7.78. The molecule has 0 aliphatic carbocycles. The summed E-state index contributed by atoms with van der Waals surface area (Å²) in [6, 6.07) is 8.18. The summed E-state index contributed by atoms with van der Waals surface area (Å²) < 4.78 is 27.8. The molecule has 2 aromatic carbocycles. The molecule has 0 saturated carbocycles. The Bertz CT molecular complexity index is 1050. The molecule has 6 nitrogen and oxygen atoms in total. The number of aryl methyl sites for hydroxylation is 1. The first kappa shape index (κ1) is 17.5. The average Bonchev–Trinajstić information content (AvgIpc) is 2.58. The minimum atomic E-state index is -1.28. The number of aromatic nitrogens is 2. The number of carbonyl (C=O) groups is 1. The first-order valence-corrected chi connectivity index (χ1v) is 7.78. The molecule has 134 valence electrons. The molecular formula is C18H15F2N3O3. The second kappa shape index (κ2) is 6.91. The van der Waals surface area contributed by atoms with Crippen molar-refractivity contribution in [1.82, 2.24) is 15.3 Å². The maximum absolute atomic E-state index is 14.2. The van der Waals surface area contributed by atoms with Crippen LogP contribution < -0.4 is 10.9 Å². The van der Waals surface area contributed by atoms with Crippen molar-refractivity contribution in [3.63, 3.8) is 0 Å². The van der Waals surface area contributed by atoms with Crippen LogP contribution in [0.5, 0.6) is 0 Å². The lowest BCUT2D eigenvalue weighted by Crippen LogP contribution is -2.29. The summed E-state index contributed by atoms with van der Waals surface area (Å²) in [6.07, 6.45) is -1.28. The zero-order chi connectivity index (χ0) is 18.8. The number of carboxylic acid groups (broad SMARTS) is 1. The number of rotatable bonds is 4. The van der Waals surface area contributed by atoms with Gasteiger partial charge in [-0.15, -0.1) is 0 Å². The van der Waals surface area contributed by atoms with E-state index in [0.717, 1.165) is 0 Å². The van der Waals surface area contributed by atoms with Gasteiger partial charge in [-0.1, -0.05) is 18.2 Å². The average molecular weight is 359 g/mol. The maximum atomic E-state index is 14.2. The van der Waals surface area contributed by atoms with Gasteiger partial charge in [-0.2, -0.15) is 0 Å². The van der Waals surface area contributed by atoms with Crippen LogP contribution >= 0.6 is 0 Å². The van der Waals surface area contributed by atoms with E-state index in [0.29, 0.717) is 11.1 Å². The van der Waals surface area contributed by atoms with Crippen molar-refractivity contribution in [2.24, 2.45) is 0 Å². The SMILES string of the molecule is Cc1ccc(F)c2nc(C(CNC(=O)O)c3cccc(F)c3)[nH]c(=O)c12. The highest BCUT2D eigenvalue weighted by Crippen LogP contribution is 2.24. The van der Waals surface area contributed by atoms with Crippen LogP contribution in [-0.2, 0) is 0 Å². The highest BCUT2D eigenvalue weighted by molar-refractivity contribution is 5.81. The Morgan fingerprint density at radius 2 is 2.08 bits per heavy atom. The highest BCUT2D eigenvalue weighted by Gasteiger charge is 2.21. The lowest BCUT2D eigenvalue weighted by atomic mass is 9.97. The molecule has 0 spiro atoms. The van der Waals surface area contributed by atoms with Gasteiger partial charge in [0.2, 0.25) is 0 Å². The van der Waals surface area contributed by atoms with E-state index in [2.05, 4.69) is 15.3 Å². The van der Waals surface area contributed by atoms with Crippen LogP contribution in [0, 0.1) is 18.6 Å². The lowest BCUT2D eigenvalue weighted by molar-refractivity contribution is 0.194. The zero-order valence-corrected chi connectivity index (χ0v) is 13.7. The third-order valence-electron chi connectivity index (χ3n) is 4.08. The van der Waals surface area contributed by atoms with Crippen molar-refractivity contribution in [3.8, 4) is 0 Å². The first-order chi connectivity index (χ1) is 12.4. The Labute approximate surface area is 146 Å². The van der Waals surface area contributed by atoms with Gasteiger partial charge >= 0.3 is 6.09 Å². The largest absolute Gasteiger partial charge is 0.465 e. The van der Waals surface area contributed by atoms with Crippen LogP contribution in [0.15, 0.2) is 41.2 Å². The van der Waals surface area contributed by atoms with E-state index in [9.17, 15) is 18.4 Å².